The summed E-state index contributed by atoms with van der Waals surface area (Å²) >= 11 is 6.15. The van der Waals surface area contributed by atoms with Crippen LogP contribution in [-0.4, -0.2) is 76.2 Å². The van der Waals surface area contributed by atoms with Crippen LogP contribution in [0.2, 0.25) is 5.28 Å². The van der Waals surface area contributed by atoms with Crippen molar-refractivity contribution >= 4 is 29.7 Å². The Kier molecular flexibility index (Phi) is 8.70. The maximum Gasteiger partial charge on any atom is 0.233 e. The van der Waals surface area contributed by atoms with Crippen LogP contribution < -0.4 is 10.2 Å². The molecule has 2 heterocycles. The number of anilines is 1. The van der Waals surface area contributed by atoms with Crippen LogP contribution in [-0.2, 0) is 16.1 Å². The van der Waals surface area contributed by atoms with E-state index in [-0.39, 0.29) is 53.8 Å². The highest BCUT2D eigenvalue weighted by atomic mass is 35.5. The fourth-order valence-electron chi connectivity index (χ4n) is 5.59. The van der Waals surface area contributed by atoms with E-state index in [1.165, 1.54) is 0 Å². The molecule has 1 aromatic heterocycles. The highest BCUT2D eigenvalue weighted by Crippen LogP contribution is 2.37. The lowest BCUT2D eigenvalue weighted by Crippen LogP contribution is -2.51. The van der Waals surface area contributed by atoms with Crippen molar-refractivity contribution in [1.82, 2.24) is 25.2 Å². The highest BCUT2D eigenvalue weighted by molar-refractivity contribution is 6.28. The van der Waals surface area contributed by atoms with Gasteiger partial charge in [0, 0.05) is 12.6 Å². The van der Waals surface area contributed by atoms with Crippen molar-refractivity contribution in [3.8, 4) is 0 Å². The molecular formula is C23H36ClFN6O3. The Hall–Kier alpha value is -2.04. The van der Waals surface area contributed by atoms with Crippen molar-refractivity contribution in [2.75, 3.05) is 32.1 Å². The average molecular weight is 499 g/mol. The van der Waals surface area contributed by atoms with Gasteiger partial charge in [-0.2, -0.15) is 4.98 Å². The Bertz CT molecular complexity index is 881. The van der Waals surface area contributed by atoms with E-state index < -0.39 is 11.7 Å². The molecule has 3 rings (SSSR count). The molecule has 2 atom stereocenters. The third-order valence-electron chi connectivity index (χ3n) is 7.31. The minimum atomic E-state index is -0.610. The van der Waals surface area contributed by atoms with Crippen LogP contribution in [0.25, 0.3) is 0 Å². The van der Waals surface area contributed by atoms with Gasteiger partial charge in [-0.25, -0.2) is 14.4 Å². The first-order valence-corrected chi connectivity index (χ1v) is 12.3. The van der Waals surface area contributed by atoms with Crippen LogP contribution in [0.4, 0.5) is 10.2 Å². The molecule has 34 heavy (non-hydrogen) atoms. The molecule has 190 valence electrons. The summed E-state index contributed by atoms with van der Waals surface area (Å²) in [6.45, 7) is 4.43. The Balaban J connectivity index is 1.75. The van der Waals surface area contributed by atoms with Gasteiger partial charge in [-0.15, -0.1) is 0 Å². The summed E-state index contributed by atoms with van der Waals surface area (Å²) in [5.41, 5.74) is -0.378. The number of hydroxylamine groups is 2. The normalized spacial score (nSPS) is 21.2. The molecule has 9 nitrogen and oxygen atoms in total. The standard InChI is InChI=1S/C23H36ClFN6O3/c1-23(2)18(29(3)4)9-10-31(23)20-19(25)17(27-22(24)28-20)12-26-21(33)16(13-30(34)14-32)11-15-7-5-6-8-15/h14-16,18,34H,5-13H2,1-4H3,(H,26,33)/t16-,18?/m1/s1. The number of likely N-dealkylation sites (N-methyl/N-ethyl adjacent to an activating group) is 1. The molecular weight excluding hydrogens is 463 g/mol. The van der Waals surface area contributed by atoms with Crippen LogP contribution in [0.15, 0.2) is 0 Å². The molecule has 2 fully saturated rings. The molecule has 1 aromatic rings. The summed E-state index contributed by atoms with van der Waals surface area (Å²) in [5.74, 6) is -1.08. The monoisotopic (exact) mass is 498 g/mol. The molecule has 1 aliphatic heterocycles. The van der Waals surface area contributed by atoms with E-state index in [2.05, 4.69) is 20.2 Å². The van der Waals surface area contributed by atoms with Crippen molar-refractivity contribution in [2.24, 2.45) is 11.8 Å². The molecule has 1 saturated carbocycles. The van der Waals surface area contributed by atoms with Gasteiger partial charge in [-0.05, 0) is 58.3 Å². The predicted octanol–water partition coefficient (Wildman–Crippen LogP) is 2.85. The van der Waals surface area contributed by atoms with E-state index in [0.29, 0.717) is 23.9 Å². The number of carbonyl (C=O) groups excluding carboxylic acids is 2. The van der Waals surface area contributed by atoms with Crippen molar-refractivity contribution in [2.45, 2.75) is 70.5 Å². The Morgan fingerprint density at radius 3 is 2.59 bits per heavy atom. The van der Waals surface area contributed by atoms with Crippen LogP contribution in [0, 0.1) is 17.7 Å². The number of amides is 2. The summed E-state index contributed by atoms with van der Waals surface area (Å²) in [6, 6.07) is 0.208. The second-order valence-electron chi connectivity index (χ2n) is 10.2. The van der Waals surface area contributed by atoms with Gasteiger partial charge in [0.05, 0.1) is 24.5 Å². The number of aromatic nitrogens is 2. The third kappa shape index (κ3) is 5.95. The zero-order chi connectivity index (χ0) is 25.0. The number of hydrogen-bond acceptors (Lipinski definition) is 7. The van der Waals surface area contributed by atoms with Gasteiger partial charge in [0.2, 0.25) is 17.6 Å². The molecule has 0 radical (unpaired) electrons. The van der Waals surface area contributed by atoms with E-state index >= 15 is 4.39 Å². The van der Waals surface area contributed by atoms with Gasteiger partial charge in [0.1, 0.15) is 5.69 Å². The van der Waals surface area contributed by atoms with Crippen LogP contribution in [0.1, 0.15) is 58.1 Å². The average Bonchev–Trinajstić information content (AvgIpc) is 3.39. The fraction of sp³-hybridized carbons (Fsp3) is 0.739. The van der Waals surface area contributed by atoms with Crippen LogP contribution in [0.5, 0.6) is 0 Å². The fourth-order valence-corrected chi connectivity index (χ4v) is 5.77. The number of nitrogens with zero attached hydrogens (tertiary/aromatic N) is 5. The van der Waals surface area contributed by atoms with Crippen molar-refractivity contribution in [3.05, 3.63) is 16.8 Å². The molecule has 1 unspecified atom stereocenters. The van der Waals surface area contributed by atoms with Gasteiger partial charge < -0.3 is 15.1 Å². The first kappa shape index (κ1) is 26.6. The second kappa shape index (κ2) is 11.1. The first-order chi connectivity index (χ1) is 16.0. The van der Waals surface area contributed by atoms with E-state index in [4.69, 9.17) is 11.6 Å². The van der Waals surface area contributed by atoms with Crippen molar-refractivity contribution in [1.29, 1.82) is 0 Å². The van der Waals surface area contributed by atoms with Crippen LogP contribution >= 0.6 is 11.6 Å². The SMILES string of the molecule is CN(C)C1CCN(c2nc(Cl)nc(CNC(=O)[C@H](CC3CCCC3)CN(O)C=O)c2F)C1(C)C. The van der Waals surface area contributed by atoms with E-state index in [1.807, 2.05) is 32.8 Å². The minimum Gasteiger partial charge on any atom is -0.350 e. The molecule has 11 heteroatoms. The van der Waals surface area contributed by atoms with Gasteiger partial charge >= 0.3 is 0 Å². The topological polar surface area (TPSA) is 102 Å². The lowest BCUT2D eigenvalue weighted by atomic mass is 9.92. The van der Waals surface area contributed by atoms with Gasteiger partial charge in [0.25, 0.3) is 0 Å². The molecule has 2 N–H and O–H groups in total. The number of rotatable bonds is 10. The van der Waals surface area contributed by atoms with E-state index in [9.17, 15) is 14.8 Å². The van der Waals surface area contributed by atoms with Crippen molar-refractivity contribution in [3.63, 3.8) is 0 Å². The minimum absolute atomic E-state index is 0.00307. The largest absolute Gasteiger partial charge is 0.350 e. The second-order valence-corrected chi connectivity index (χ2v) is 10.5. The number of nitrogens with one attached hydrogen (secondary N) is 1. The number of hydrogen-bond donors (Lipinski definition) is 2. The molecule has 2 aliphatic rings. The molecule has 1 saturated heterocycles. The lowest BCUT2D eigenvalue weighted by molar-refractivity contribution is -0.155. The molecule has 0 spiro atoms. The zero-order valence-corrected chi connectivity index (χ0v) is 21.2. The predicted molar refractivity (Wildman–Crippen MR) is 127 cm³/mol. The number of carbonyl (C=O) groups is 2. The first-order valence-electron chi connectivity index (χ1n) is 11.9. The number of halogens is 2. The third-order valence-corrected chi connectivity index (χ3v) is 7.48. The lowest BCUT2D eigenvalue weighted by Gasteiger charge is -2.39. The smallest absolute Gasteiger partial charge is 0.233 e. The summed E-state index contributed by atoms with van der Waals surface area (Å²) in [5, 5.41) is 12.8. The van der Waals surface area contributed by atoms with E-state index in [1.54, 1.807) is 0 Å². The summed E-state index contributed by atoms with van der Waals surface area (Å²) in [4.78, 5) is 36.1. The van der Waals surface area contributed by atoms with E-state index in [0.717, 1.165) is 32.1 Å². The molecule has 0 bridgehead atoms. The molecule has 1 aliphatic carbocycles. The Morgan fingerprint density at radius 1 is 1.32 bits per heavy atom. The van der Waals surface area contributed by atoms with Crippen LogP contribution in [0.3, 0.4) is 0 Å². The Labute approximate surface area is 205 Å². The summed E-state index contributed by atoms with van der Waals surface area (Å²) < 4.78 is 15.5. The maximum absolute atomic E-state index is 15.5. The summed E-state index contributed by atoms with van der Waals surface area (Å²) in [7, 11) is 4.00. The van der Waals surface area contributed by atoms with Crippen molar-refractivity contribution < 1.29 is 19.2 Å². The molecule has 0 aromatic carbocycles. The maximum atomic E-state index is 15.5. The van der Waals surface area contributed by atoms with Gasteiger partial charge in [0.15, 0.2) is 11.6 Å². The molecule has 2 amide bonds. The van der Waals surface area contributed by atoms with Gasteiger partial charge in [-0.3, -0.25) is 14.8 Å². The quantitative estimate of drug-likeness (QED) is 0.221. The Morgan fingerprint density at radius 2 is 2.00 bits per heavy atom. The van der Waals surface area contributed by atoms with Gasteiger partial charge in [-0.1, -0.05) is 25.7 Å². The summed E-state index contributed by atoms with van der Waals surface area (Å²) in [6.07, 6.45) is 5.97. The highest BCUT2D eigenvalue weighted by Gasteiger charge is 2.44. The zero-order valence-electron chi connectivity index (χ0n) is 20.4.